The molecule has 0 aliphatic rings. The van der Waals surface area contributed by atoms with E-state index in [1.807, 2.05) is 13.8 Å². The van der Waals surface area contributed by atoms with Crippen LogP contribution in [0.1, 0.15) is 33.1 Å². The summed E-state index contributed by atoms with van der Waals surface area (Å²) in [6.07, 6.45) is 1.67. The minimum atomic E-state index is -0.391. The number of nitrogens with one attached hydrogen (secondary N) is 1. The summed E-state index contributed by atoms with van der Waals surface area (Å²) in [6.45, 7) is 4.92. The van der Waals surface area contributed by atoms with Crippen molar-refractivity contribution >= 4 is 11.9 Å². The van der Waals surface area contributed by atoms with Gasteiger partial charge in [-0.2, -0.15) is 0 Å². The molecule has 4 N–H and O–H groups in total. The number of hydrogen-bond acceptors (Lipinski definition) is 4. The maximum Gasteiger partial charge on any atom is 0.407 e. The third-order valence-electron chi connectivity index (χ3n) is 1.81. The first-order valence-electron chi connectivity index (χ1n) is 5.43. The van der Waals surface area contributed by atoms with Crippen molar-refractivity contribution in [3.8, 4) is 0 Å². The average Bonchev–Trinajstić information content (AvgIpc) is 2.25. The van der Waals surface area contributed by atoms with Gasteiger partial charge >= 0.3 is 6.09 Å². The maximum atomic E-state index is 11.1. The van der Waals surface area contributed by atoms with Gasteiger partial charge in [-0.1, -0.05) is 19.0 Å². The van der Waals surface area contributed by atoms with E-state index in [0.29, 0.717) is 25.5 Å². The second-order valence-electron chi connectivity index (χ2n) is 3.97. The molecular weight excluding hydrogens is 210 g/mol. The van der Waals surface area contributed by atoms with Gasteiger partial charge in [0.05, 0.1) is 6.61 Å². The molecule has 0 aliphatic carbocycles. The van der Waals surface area contributed by atoms with Crippen molar-refractivity contribution in [1.82, 2.24) is 5.32 Å². The Morgan fingerprint density at radius 2 is 2.19 bits per heavy atom. The molecule has 0 bridgehead atoms. The van der Waals surface area contributed by atoms with Crippen LogP contribution in [0.3, 0.4) is 0 Å². The van der Waals surface area contributed by atoms with Crippen molar-refractivity contribution in [2.75, 3.05) is 13.2 Å². The van der Waals surface area contributed by atoms with Crippen LogP contribution in [0.4, 0.5) is 4.79 Å². The van der Waals surface area contributed by atoms with E-state index >= 15 is 0 Å². The molecule has 6 heteroatoms. The Balaban J connectivity index is 3.34. The molecule has 0 aromatic carbocycles. The molecule has 0 saturated carbocycles. The van der Waals surface area contributed by atoms with Gasteiger partial charge < -0.3 is 21.0 Å². The fraction of sp³-hybridized carbons (Fsp3) is 0.800. The van der Waals surface area contributed by atoms with Crippen LogP contribution in [0.15, 0.2) is 5.16 Å². The maximum absolute atomic E-state index is 11.1. The van der Waals surface area contributed by atoms with E-state index in [2.05, 4.69) is 10.5 Å². The summed E-state index contributed by atoms with van der Waals surface area (Å²) in [5.74, 6) is 0.550. The summed E-state index contributed by atoms with van der Waals surface area (Å²) < 4.78 is 4.91. The highest BCUT2D eigenvalue weighted by Crippen LogP contribution is 1.95. The van der Waals surface area contributed by atoms with E-state index in [0.717, 1.165) is 12.8 Å². The minimum Gasteiger partial charge on any atom is -0.449 e. The van der Waals surface area contributed by atoms with Crippen LogP contribution in [0, 0.1) is 5.92 Å². The van der Waals surface area contributed by atoms with Crippen LogP contribution in [0.5, 0.6) is 0 Å². The molecule has 0 fully saturated rings. The third-order valence-corrected chi connectivity index (χ3v) is 1.81. The Kier molecular flexibility index (Phi) is 8.01. The summed E-state index contributed by atoms with van der Waals surface area (Å²) in [4.78, 5) is 11.1. The number of hydrogen-bond donors (Lipinski definition) is 3. The van der Waals surface area contributed by atoms with E-state index in [9.17, 15) is 4.79 Å². The molecule has 94 valence electrons. The largest absolute Gasteiger partial charge is 0.449 e. The molecule has 0 aromatic heterocycles. The van der Waals surface area contributed by atoms with E-state index in [1.54, 1.807) is 0 Å². The Bertz CT molecular complexity index is 229. The quantitative estimate of drug-likeness (QED) is 0.202. The zero-order valence-corrected chi connectivity index (χ0v) is 9.90. The number of alkyl carbamates (subject to hydrolysis) is 1. The Hall–Kier alpha value is -1.46. The number of amides is 1. The van der Waals surface area contributed by atoms with Crippen LogP contribution in [-0.2, 0) is 4.74 Å². The van der Waals surface area contributed by atoms with Crippen LogP contribution in [-0.4, -0.2) is 30.3 Å². The lowest BCUT2D eigenvalue weighted by Gasteiger charge is -2.08. The molecular formula is C10H21N3O3. The van der Waals surface area contributed by atoms with Gasteiger partial charge in [0.1, 0.15) is 5.84 Å². The van der Waals surface area contributed by atoms with Crippen molar-refractivity contribution < 1.29 is 14.7 Å². The second-order valence-corrected chi connectivity index (χ2v) is 3.97. The van der Waals surface area contributed by atoms with Crippen molar-refractivity contribution in [2.45, 2.75) is 33.1 Å². The molecule has 1 amide bonds. The number of amidine groups is 1. The monoisotopic (exact) mass is 231 g/mol. The fourth-order valence-electron chi connectivity index (χ4n) is 0.965. The summed E-state index contributed by atoms with van der Waals surface area (Å²) in [6, 6.07) is 0. The van der Waals surface area contributed by atoms with E-state index in [1.165, 1.54) is 0 Å². The highest BCUT2D eigenvalue weighted by Gasteiger charge is 2.02. The van der Waals surface area contributed by atoms with E-state index < -0.39 is 6.09 Å². The highest BCUT2D eigenvalue weighted by molar-refractivity contribution is 5.79. The SMILES string of the molecule is CC(C)COC(=O)NCCCCC(N)=NO. The van der Waals surface area contributed by atoms with E-state index in [-0.39, 0.29) is 5.84 Å². The number of nitrogens with two attached hydrogens (primary N) is 1. The lowest BCUT2D eigenvalue weighted by molar-refractivity contribution is 0.133. The molecule has 16 heavy (non-hydrogen) atoms. The lowest BCUT2D eigenvalue weighted by Crippen LogP contribution is -2.26. The first-order chi connectivity index (χ1) is 7.56. The average molecular weight is 231 g/mol. The highest BCUT2D eigenvalue weighted by atomic mass is 16.5. The zero-order chi connectivity index (χ0) is 12.4. The second kappa shape index (κ2) is 8.82. The summed E-state index contributed by atoms with van der Waals surface area (Å²) in [5.41, 5.74) is 5.28. The Morgan fingerprint density at radius 1 is 1.50 bits per heavy atom. The first-order valence-corrected chi connectivity index (χ1v) is 5.43. The van der Waals surface area contributed by atoms with Gasteiger partial charge in [-0.25, -0.2) is 4.79 Å². The number of unbranched alkanes of at least 4 members (excludes halogenated alkanes) is 1. The van der Waals surface area contributed by atoms with Gasteiger partial charge in [0.2, 0.25) is 0 Å². The number of carbonyl (C=O) groups is 1. The Labute approximate surface area is 95.8 Å². The van der Waals surface area contributed by atoms with Gasteiger partial charge in [0.25, 0.3) is 0 Å². The fourth-order valence-corrected chi connectivity index (χ4v) is 0.965. The minimum absolute atomic E-state index is 0.211. The van der Waals surface area contributed by atoms with Gasteiger partial charge in [0.15, 0.2) is 0 Å². The molecule has 0 aliphatic heterocycles. The summed E-state index contributed by atoms with van der Waals surface area (Å²) >= 11 is 0. The van der Waals surface area contributed by atoms with Crippen LogP contribution < -0.4 is 11.1 Å². The molecule has 6 nitrogen and oxygen atoms in total. The van der Waals surface area contributed by atoms with Gasteiger partial charge in [0, 0.05) is 13.0 Å². The van der Waals surface area contributed by atoms with Crippen LogP contribution in [0.25, 0.3) is 0 Å². The van der Waals surface area contributed by atoms with Gasteiger partial charge in [-0.3, -0.25) is 0 Å². The molecule has 0 atom stereocenters. The van der Waals surface area contributed by atoms with Crippen molar-refractivity contribution in [3.63, 3.8) is 0 Å². The number of nitrogens with zero attached hydrogens (tertiary/aromatic N) is 1. The molecule has 0 spiro atoms. The molecule has 0 rings (SSSR count). The predicted octanol–water partition coefficient (Wildman–Crippen LogP) is 1.29. The summed E-state index contributed by atoms with van der Waals surface area (Å²) in [7, 11) is 0. The van der Waals surface area contributed by atoms with Crippen LogP contribution in [0.2, 0.25) is 0 Å². The normalized spacial score (nSPS) is 11.6. The molecule has 0 unspecified atom stereocenters. The lowest BCUT2D eigenvalue weighted by atomic mass is 10.2. The standard InChI is InChI=1S/C10H21N3O3/c1-8(2)7-16-10(14)12-6-4-3-5-9(11)13-15/h8,15H,3-7H2,1-2H3,(H2,11,13)(H,12,14). The smallest absolute Gasteiger partial charge is 0.407 e. The van der Waals surface area contributed by atoms with Crippen molar-refractivity contribution in [2.24, 2.45) is 16.8 Å². The number of carbonyl (C=O) groups excluding carboxylic acids is 1. The van der Waals surface area contributed by atoms with Crippen LogP contribution >= 0.6 is 0 Å². The first kappa shape index (κ1) is 14.5. The Morgan fingerprint density at radius 3 is 2.75 bits per heavy atom. The van der Waals surface area contributed by atoms with Crippen molar-refractivity contribution in [1.29, 1.82) is 0 Å². The van der Waals surface area contributed by atoms with Gasteiger partial charge in [-0.15, -0.1) is 0 Å². The van der Waals surface area contributed by atoms with E-state index in [4.69, 9.17) is 15.7 Å². The molecule has 0 radical (unpaired) electrons. The summed E-state index contributed by atoms with van der Waals surface area (Å²) in [5, 5.41) is 13.8. The van der Waals surface area contributed by atoms with Crippen molar-refractivity contribution in [3.05, 3.63) is 0 Å². The van der Waals surface area contributed by atoms with Gasteiger partial charge in [-0.05, 0) is 18.8 Å². The molecule has 0 aromatic rings. The molecule has 0 saturated heterocycles. The zero-order valence-electron chi connectivity index (χ0n) is 9.90. The number of ether oxygens (including phenoxy) is 1. The molecule has 0 heterocycles. The predicted molar refractivity (Wildman–Crippen MR) is 61.4 cm³/mol. The third kappa shape index (κ3) is 9.11. The number of rotatable bonds is 7. The number of oxime groups is 1. The topological polar surface area (TPSA) is 96.9 Å².